The molecule has 0 saturated carbocycles. The standard InChI is InChI=1S/C11H14O7S/c1-17-9-6-7(19(15,16)4-3-12)5-8(11(13)14)10(9)18-2/h5-6,12H,3-4H2,1-2H3,(H,13,14). The van der Waals surface area contributed by atoms with Gasteiger partial charge in [-0.2, -0.15) is 0 Å². The van der Waals surface area contributed by atoms with E-state index in [1.165, 1.54) is 14.2 Å². The Morgan fingerprint density at radius 1 is 1.26 bits per heavy atom. The summed E-state index contributed by atoms with van der Waals surface area (Å²) >= 11 is 0. The van der Waals surface area contributed by atoms with Gasteiger partial charge in [0.25, 0.3) is 0 Å². The Morgan fingerprint density at radius 2 is 1.89 bits per heavy atom. The molecule has 0 aliphatic heterocycles. The average Bonchev–Trinajstić information content (AvgIpc) is 2.36. The Hall–Kier alpha value is -1.80. The minimum absolute atomic E-state index is 0.00100. The molecule has 0 fully saturated rings. The molecule has 0 aliphatic carbocycles. The summed E-state index contributed by atoms with van der Waals surface area (Å²) in [6, 6.07) is 2.14. The topological polar surface area (TPSA) is 110 Å². The number of aliphatic hydroxyl groups excluding tert-OH is 1. The fraction of sp³-hybridized carbons (Fsp3) is 0.364. The lowest BCUT2D eigenvalue weighted by Gasteiger charge is -2.12. The van der Waals surface area contributed by atoms with E-state index in [2.05, 4.69) is 0 Å². The molecule has 8 heteroatoms. The van der Waals surface area contributed by atoms with Crippen LogP contribution in [0.5, 0.6) is 11.5 Å². The molecule has 1 rings (SSSR count). The van der Waals surface area contributed by atoms with Gasteiger partial charge in [-0.1, -0.05) is 0 Å². The summed E-state index contributed by atoms with van der Waals surface area (Å²) in [5, 5.41) is 17.8. The van der Waals surface area contributed by atoms with Gasteiger partial charge in [0, 0.05) is 6.07 Å². The quantitative estimate of drug-likeness (QED) is 0.768. The van der Waals surface area contributed by atoms with Crippen molar-refractivity contribution in [2.24, 2.45) is 0 Å². The van der Waals surface area contributed by atoms with Crippen molar-refractivity contribution in [1.82, 2.24) is 0 Å². The molecular weight excluding hydrogens is 276 g/mol. The van der Waals surface area contributed by atoms with E-state index >= 15 is 0 Å². The minimum Gasteiger partial charge on any atom is -0.493 e. The molecule has 0 amide bonds. The number of hydrogen-bond donors (Lipinski definition) is 2. The molecule has 106 valence electrons. The van der Waals surface area contributed by atoms with Crippen molar-refractivity contribution in [3.05, 3.63) is 17.7 Å². The molecule has 0 unspecified atom stereocenters. The van der Waals surface area contributed by atoms with Crippen molar-refractivity contribution in [1.29, 1.82) is 0 Å². The Bertz CT molecular complexity index is 577. The van der Waals surface area contributed by atoms with Gasteiger partial charge < -0.3 is 19.7 Å². The number of benzene rings is 1. The third kappa shape index (κ3) is 3.15. The highest BCUT2D eigenvalue weighted by molar-refractivity contribution is 7.91. The fourth-order valence-corrected chi connectivity index (χ4v) is 2.58. The molecule has 0 bridgehead atoms. The van der Waals surface area contributed by atoms with Gasteiger partial charge in [0.15, 0.2) is 21.3 Å². The van der Waals surface area contributed by atoms with E-state index in [-0.39, 0.29) is 22.0 Å². The van der Waals surface area contributed by atoms with Gasteiger partial charge in [0.05, 0.1) is 31.5 Å². The summed E-state index contributed by atoms with van der Waals surface area (Å²) in [7, 11) is -1.25. The SMILES string of the molecule is COc1cc(S(=O)(=O)CCO)cc(C(=O)O)c1OC. The van der Waals surface area contributed by atoms with Crippen LogP contribution >= 0.6 is 0 Å². The van der Waals surface area contributed by atoms with Gasteiger partial charge in [0.1, 0.15) is 5.56 Å². The maximum atomic E-state index is 11.8. The van der Waals surface area contributed by atoms with Crippen LogP contribution in [0.1, 0.15) is 10.4 Å². The second-order valence-corrected chi connectivity index (χ2v) is 5.66. The number of aliphatic hydroxyl groups is 1. The Balaban J connectivity index is 3.54. The predicted molar refractivity (Wildman–Crippen MR) is 65.6 cm³/mol. The second kappa shape index (κ2) is 5.89. The first kappa shape index (κ1) is 15.3. The lowest BCUT2D eigenvalue weighted by molar-refractivity contribution is 0.0692. The van der Waals surface area contributed by atoms with Crippen molar-refractivity contribution < 1.29 is 32.9 Å². The second-order valence-electron chi connectivity index (χ2n) is 3.55. The molecule has 0 saturated heterocycles. The molecule has 7 nitrogen and oxygen atoms in total. The highest BCUT2D eigenvalue weighted by Crippen LogP contribution is 2.34. The van der Waals surface area contributed by atoms with E-state index in [0.29, 0.717) is 0 Å². The molecule has 0 heterocycles. The van der Waals surface area contributed by atoms with Crippen LogP contribution in [-0.2, 0) is 9.84 Å². The molecule has 19 heavy (non-hydrogen) atoms. The molecule has 0 aromatic heterocycles. The summed E-state index contributed by atoms with van der Waals surface area (Å²) in [5.41, 5.74) is -0.321. The monoisotopic (exact) mass is 290 g/mol. The van der Waals surface area contributed by atoms with Gasteiger partial charge in [-0.15, -0.1) is 0 Å². The van der Waals surface area contributed by atoms with Crippen LogP contribution < -0.4 is 9.47 Å². The lowest BCUT2D eigenvalue weighted by Crippen LogP contribution is -2.12. The lowest BCUT2D eigenvalue weighted by atomic mass is 10.2. The Labute approximate surface area is 110 Å². The Morgan fingerprint density at radius 3 is 2.32 bits per heavy atom. The fourth-order valence-electron chi connectivity index (χ4n) is 1.52. The minimum atomic E-state index is -3.77. The molecular formula is C11H14O7S. The molecule has 1 aromatic carbocycles. The molecule has 0 aliphatic rings. The average molecular weight is 290 g/mol. The van der Waals surface area contributed by atoms with Crippen molar-refractivity contribution in [3.8, 4) is 11.5 Å². The molecule has 0 radical (unpaired) electrons. The van der Waals surface area contributed by atoms with Crippen LogP contribution in [0.3, 0.4) is 0 Å². The van der Waals surface area contributed by atoms with Crippen LogP contribution in [-0.4, -0.2) is 51.2 Å². The highest BCUT2D eigenvalue weighted by Gasteiger charge is 2.23. The van der Waals surface area contributed by atoms with Crippen molar-refractivity contribution in [2.75, 3.05) is 26.6 Å². The smallest absolute Gasteiger partial charge is 0.339 e. The van der Waals surface area contributed by atoms with E-state index in [1.54, 1.807) is 0 Å². The van der Waals surface area contributed by atoms with Gasteiger partial charge in [-0.25, -0.2) is 13.2 Å². The van der Waals surface area contributed by atoms with E-state index in [4.69, 9.17) is 19.7 Å². The van der Waals surface area contributed by atoms with Crippen LogP contribution in [0.25, 0.3) is 0 Å². The molecule has 0 spiro atoms. The summed E-state index contributed by atoms with van der Waals surface area (Å²) in [6.45, 7) is -0.556. The largest absolute Gasteiger partial charge is 0.493 e. The third-order valence-electron chi connectivity index (χ3n) is 2.40. The number of methoxy groups -OCH3 is 2. The van der Waals surface area contributed by atoms with Gasteiger partial charge in [-0.05, 0) is 6.07 Å². The van der Waals surface area contributed by atoms with Gasteiger partial charge in [-0.3, -0.25) is 0 Å². The van der Waals surface area contributed by atoms with Crippen LogP contribution in [0.4, 0.5) is 0 Å². The van der Waals surface area contributed by atoms with Gasteiger partial charge in [0.2, 0.25) is 0 Å². The predicted octanol–water partition coefficient (Wildman–Crippen LogP) is 0.168. The van der Waals surface area contributed by atoms with Crippen LogP contribution in [0, 0.1) is 0 Å². The number of sulfone groups is 1. The number of carboxylic acid groups (broad SMARTS) is 1. The molecule has 0 atom stereocenters. The van der Waals surface area contributed by atoms with E-state index in [9.17, 15) is 13.2 Å². The van der Waals surface area contributed by atoms with Crippen LogP contribution in [0.15, 0.2) is 17.0 Å². The first-order valence-electron chi connectivity index (χ1n) is 5.20. The number of aromatic carboxylic acids is 1. The zero-order valence-corrected chi connectivity index (χ0v) is 11.2. The zero-order chi connectivity index (χ0) is 14.6. The number of carboxylic acids is 1. The highest BCUT2D eigenvalue weighted by atomic mass is 32.2. The first-order valence-corrected chi connectivity index (χ1v) is 6.85. The summed E-state index contributed by atoms with van der Waals surface area (Å²) < 4.78 is 33.5. The van der Waals surface area contributed by atoms with Gasteiger partial charge >= 0.3 is 5.97 Å². The molecule has 1 aromatic rings. The maximum absolute atomic E-state index is 11.8. The maximum Gasteiger partial charge on any atom is 0.339 e. The number of carbonyl (C=O) groups is 1. The van der Waals surface area contributed by atoms with Crippen LogP contribution in [0.2, 0.25) is 0 Å². The number of hydrogen-bond acceptors (Lipinski definition) is 6. The Kier molecular flexibility index (Phi) is 4.73. The molecule has 2 N–H and O–H groups in total. The summed E-state index contributed by atoms with van der Waals surface area (Å²) in [5.74, 6) is -1.89. The zero-order valence-electron chi connectivity index (χ0n) is 10.4. The van der Waals surface area contributed by atoms with E-state index < -0.39 is 28.2 Å². The van der Waals surface area contributed by atoms with E-state index in [0.717, 1.165) is 12.1 Å². The third-order valence-corrected chi connectivity index (χ3v) is 4.08. The summed E-state index contributed by atoms with van der Waals surface area (Å²) in [6.07, 6.45) is 0. The normalized spacial score (nSPS) is 11.1. The van der Waals surface area contributed by atoms with Crippen molar-refractivity contribution in [3.63, 3.8) is 0 Å². The first-order chi connectivity index (χ1) is 8.87. The van der Waals surface area contributed by atoms with Crippen molar-refractivity contribution in [2.45, 2.75) is 4.90 Å². The number of ether oxygens (including phenoxy) is 2. The van der Waals surface area contributed by atoms with Crippen molar-refractivity contribution >= 4 is 15.8 Å². The summed E-state index contributed by atoms with van der Waals surface area (Å²) in [4.78, 5) is 10.9. The number of rotatable bonds is 6. The van der Waals surface area contributed by atoms with E-state index in [1.807, 2.05) is 0 Å².